The lowest BCUT2D eigenvalue weighted by atomic mass is 9.97. The molecule has 0 bridgehead atoms. The molecule has 1 aliphatic heterocycles. The number of anilines is 1. The zero-order valence-corrected chi connectivity index (χ0v) is 19.8. The van der Waals surface area contributed by atoms with E-state index in [9.17, 15) is 13.6 Å². The van der Waals surface area contributed by atoms with Gasteiger partial charge in [0.1, 0.15) is 17.5 Å². The minimum atomic E-state index is -0.776. The van der Waals surface area contributed by atoms with Crippen LogP contribution in [-0.2, 0) is 17.9 Å². The van der Waals surface area contributed by atoms with Gasteiger partial charge in [-0.25, -0.2) is 13.8 Å². The first-order valence-electron chi connectivity index (χ1n) is 11.6. The predicted molar refractivity (Wildman–Crippen MR) is 133 cm³/mol. The van der Waals surface area contributed by atoms with E-state index in [0.717, 1.165) is 47.5 Å². The number of nitrogens with one attached hydrogen (secondary N) is 1. The van der Waals surface area contributed by atoms with Gasteiger partial charge >= 0.3 is 0 Å². The van der Waals surface area contributed by atoms with Gasteiger partial charge in [-0.05, 0) is 61.3 Å². The van der Waals surface area contributed by atoms with Crippen LogP contribution in [0, 0.1) is 17.6 Å². The number of aromatic nitrogens is 2. The van der Waals surface area contributed by atoms with Crippen molar-refractivity contribution in [2.75, 3.05) is 18.4 Å². The van der Waals surface area contributed by atoms with Crippen LogP contribution in [0.15, 0.2) is 66.7 Å². The van der Waals surface area contributed by atoms with E-state index < -0.39 is 11.6 Å². The molecule has 1 amide bonds. The lowest BCUT2D eigenvalue weighted by molar-refractivity contribution is -0.121. The average molecular weight is 495 g/mol. The molecule has 1 fully saturated rings. The van der Waals surface area contributed by atoms with E-state index >= 15 is 0 Å². The van der Waals surface area contributed by atoms with E-state index in [1.165, 1.54) is 6.07 Å². The van der Waals surface area contributed by atoms with Crippen LogP contribution in [0.2, 0.25) is 5.02 Å². The number of benzene rings is 3. The van der Waals surface area contributed by atoms with Crippen molar-refractivity contribution >= 4 is 34.2 Å². The third kappa shape index (κ3) is 5.36. The highest BCUT2D eigenvalue weighted by Gasteiger charge is 2.27. The minimum Gasteiger partial charge on any atom is -0.323 e. The van der Waals surface area contributed by atoms with Crippen molar-refractivity contribution in [2.24, 2.45) is 5.92 Å². The van der Waals surface area contributed by atoms with Gasteiger partial charge in [-0.1, -0.05) is 35.9 Å². The highest BCUT2D eigenvalue weighted by Crippen LogP contribution is 2.24. The fourth-order valence-corrected chi connectivity index (χ4v) is 4.76. The fraction of sp³-hybridized carbons (Fsp3) is 0.259. The normalized spacial score (nSPS) is 16.5. The number of hydrogen-bond acceptors (Lipinski definition) is 3. The topological polar surface area (TPSA) is 50.2 Å². The van der Waals surface area contributed by atoms with Crippen LogP contribution in [-0.4, -0.2) is 33.4 Å². The Hall–Kier alpha value is -3.29. The van der Waals surface area contributed by atoms with E-state index in [4.69, 9.17) is 16.6 Å². The molecule has 1 aromatic heterocycles. The number of rotatable bonds is 6. The highest BCUT2D eigenvalue weighted by molar-refractivity contribution is 6.30. The zero-order valence-electron chi connectivity index (χ0n) is 19.1. The van der Waals surface area contributed by atoms with Crippen LogP contribution in [0.1, 0.15) is 24.2 Å². The summed E-state index contributed by atoms with van der Waals surface area (Å²) < 4.78 is 29.4. The van der Waals surface area contributed by atoms with Gasteiger partial charge < -0.3 is 9.88 Å². The van der Waals surface area contributed by atoms with Crippen molar-refractivity contribution in [3.63, 3.8) is 0 Å². The summed E-state index contributed by atoms with van der Waals surface area (Å²) in [6.45, 7) is 2.64. The Morgan fingerprint density at radius 3 is 2.66 bits per heavy atom. The van der Waals surface area contributed by atoms with Gasteiger partial charge in [-0.15, -0.1) is 0 Å². The average Bonchev–Trinajstić information content (AvgIpc) is 3.19. The number of carbonyl (C=O) groups is 1. The summed E-state index contributed by atoms with van der Waals surface area (Å²) in [5.41, 5.74) is 3.10. The molecule has 0 spiro atoms. The van der Waals surface area contributed by atoms with E-state index in [0.29, 0.717) is 31.1 Å². The molecule has 180 valence electrons. The maximum atomic E-state index is 14.0. The molecular weight excluding hydrogens is 470 g/mol. The molecule has 1 atom stereocenters. The van der Waals surface area contributed by atoms with Crippen molar-refractivity contribution < 1.29 is 13.6 Å². The van der Waals surface area contributed by atoms with Gasteiger partial charge in [0.05, 0.1) is 29.2 Å². The molecule has 0 saturated carbocycles. The number of carbonyl (C=O) groups excluding carboxylic acids is 1. The number of likely N-dealkylation sites (tertiary alicyclic amines) is 1. The highest BCUT2D eigenvalue weighted by atomic mass is 35.5. The number of amides is 1. The first-order chi connectivity index (χ1) is 17.0. The molecule has 0 unspecified atom stereocenters. The number of nitrogens with zero attached hydrogens (tertiary/aromatic N) is 3. The molecule has 4 aromatic rings. The summed E-state index contributed by atoms with van der Waals surface area (Å²) in [5, 5.41) is 3.32. The van der Waals surface area contributed by atoms with Gasteiger partial charge in [0.25, 0.3) is 0 Å². The molecular formula is C27H25ClF2N4O. The molecule has 3 aromatic carbocycles. The second-order valence-corrected chi connectivity index (χ2v) is 9.35. The molecule has 0 radical (unpaired) electrons. The van der Waals surface area contributed by atoms with Crippen LogP contribution in [0.4, 0.5) is 14.5 Å². The van der Waals surface area contributed by atoms with Gasteiger partial charge in [0.2, 0.25) is 5.91 Å². The first-order valence-corrected chi connectivity index (χ1v) is 12.0. The molecule has 8 heteroatoms. The SMILES string of the molecule is O=C(Nc1ccc(F)cc1F)[C@@H]1CCCN(Cc2nc3ccccc3n2Cc2ccc(Cl)cc2)C1. The van der Waals surface area contributed by atoms with E-state index in [-0.39, 0.29) is 17.5 Å². The van der Waals surface area contributed by atoms with Gasteiger partial charge in [0, 0.05) is 24.2 Å². The standard InChI is InChI=1S/C27H25ClF2N4O/c28-20-9-7-18(8-10-20)15-34-25-6-2-1-5-24(25)31-26(34)17-33-13-3-4-19(16-33)27(35)32-23-12-11-21(29)14-22(23)30/h1-2,5-12,14,19H,3-4,13,15-17H2,(H,32,35)/t19-/m1/s1. The minimum absolute atomic E-state index is 0.00159. The largest absolute Gasteiger partial charge is 0.323 e. The summed E-state index contributed by atoms with van der Waals surface area (Å²) >= 11 is 6.06. The second-order valence-electron chi connectivity index (χ2n) is 8.92. The molecule has 1 saturated heterocycles. The summed E-state index contributed by atoms with van der Waals surface area (Å²) in [6.07, 6.45) is 1.56. The molecule has 5 nitrogen and oxygen atoms in total. The van der Waals surface area contributed by atoms with Crippen molar-refractivity contribution in [2.45, 2.75) is 25.9 Å². The number of hydrogen-bond donors (Lipinski definition) is 1. The maximum Gasteiger partial charge on any atom is 0.228 e. The monoisotopic (exact) mass is 494 g/mol. The van der Waals surface area contributed by atoms with Crippen molar-refractivity contribution in [1.29, 1.82) is 0 Å². The molecule has 1 N–H and O–H groups in total. The van der Waals surface area contributed by atoms with E-state index in [1.807, 2.05) is 42.5 Å². The Labute approximate surface area is 207 Å². The Morgan fingerprint density at radius 1 is 1.06 bits per heavy atom. The summed E-state index contributed by atoms with van der Waals surface area (Å²) in [6, 6.07) is 19.0. The first kappa shape index (κ1) is 23.5. The van der Waals surface area contributed by atoms with E-state index in [2.05, 4.69) is 20.9 Å². The lowest BCUT2D eigenvalue weighted by Gasteiger charge is -2.31. The third-order valence-electron chi connectivity index (χ3n) is 6.42. The van der Waals surface area contributed by atoms with Crippen molar-refractivity contribution in [3.8, 4) is 0 Å². The number of para-hydroxylation sites is 2. The number of fused-ring (bicyclic) bond motifs is 1. The van der Waals surface area contributed by atoms with Crippen LogP contribution >= 0.6 is 11.6 Å². The van der Waals surface area contributed by atoms with Crippen molar-refractivity contribution in [3.05, 3.63) is 94.8 Å². The van der Waals surface area contributed by atoms with Gasteiger partial charge in [-0.2, -0.15) is 0 Å². The maximum absolute atomic E-state index is 14.0. The quantitative estimate of drug-likeness (QED) is 0.365. The van der Waals surface area contributed by atoms with Crippen molar-refractivity contribution in [1.82, 2.24) is 14.5 Å². The van der Waals surface area contributed by atoms with E-state index in [1.54, 1.807) is 0 Å². The smallest absolute Gasteiger partial charge is 0.228 e. The molecule has 0 aliphatic carbocycles. The third-order valence-corrected chi connectivity index (χ3v) is 6.67. The van der Waals surface area contributed by atoms with Crippen LogP contribution in [0.5, 0.6) is 0 Å². The summed E-state index contributed by atoms with van der Waals surface area (Å²) in [5.74, 6) is -1.07. The predicted octanol–water partition coefficient (Wildman–Crippen LogP) is 5.87. The van der Waals surface area contributed by atoms with Crippen LogP contribution in [0.25, 0.3) is 11.0 Å². The zero-order chi connectivity index (χ0) is 24.4. The molecule has 5 rings (SSSR count). The van der Waals surface area contributed by atoms with Gasteiger partial charge in [-0.3, -0.25) is 9.69 Å². The summed E-state index contributed by atoms with van der Waals surface area (Å²) in [4.78, 5) is 20.0. The molecule has 1 aliphatic rings. The Balaban J connectivity index is 1.33. The second kappa shape index (κ2) is 10.1. The Morgan fingerprint density at radius 2 is 1.86 bits per heavy atom. The van der Waals surface area contributed by atoms with Gasteiger partial charge in [0.15, 0.2) is 0 Å². The van der Waals surface area contributed by atoms with Crippen LogP contribution < -0.4 is 5.32 Å². The number of halogens is 3. The van der Waals surface area contributed by atoms with Crippen LogP contribution in [0.3, 0.4) is 0 Å². The Kier molecular flexibility index (Phi) is 6.79. The Bertz CT molecular complexity index is 1360. The lowest BCUT2D eigenvalue weighted by Crippen LogP contribution is -2.40. The summed E-state index contributed by atoms with van der Waals surface area (Å²) in [7, 11) is 0. The fourth-order valence-electron chi connectivity index (χ4n) is 4.63. The number of piperidine rings is 1. The number of imidazole rings is 1. The molecule has 35 heavy (non-hydrogen) atoms. The molecule has 2 heterocycles.